The summed E-state index contributed by atoms with van der Waals surface area (Å²) in [6.45, 7) is 8.97. The molecular formula is C27H41N3O2. The van der Waals surface area contributed by atoms with E-state index in [-0.39, 0.29) is 13.2 Å². The van der Waals surface area contributed by atoms with Gasteiger partial charge in [-0.15, -0.1) is 0 Å². The SMILES string of the molecule is CCCCC1=C(CC)Cc2c(N)nc3cc(CCCC)ccc3c2N1CC(C)(CO)CO. The highest BCUT2D eigenvalue weighted by molar-refractivity contribution is 5.98. The summed E-state index contributed by atoms with van der Waals surface area (Å²) < 4.78 is 0. The van der Waals surface area contributed by atoms with Crippen molar-refractivity contribution in [2.75, 3.05) is 30.4 Å². The van der Waals surface area contributed by atoms with Crippen molar-refractivity contribution in [3.8, 4) is 0 Å². The third-order valence-electron chi connectivity index (χ3n) is 6.86. The quantitative estimate of drug-likeness (QED) is 0.439. The van der Waals surface area contributed by atoms with Gasteiger partial charge >= 0.3 is 0 Å². The molecule has 0 spiro atoms. The first kappa shape index (κ1) is 24.5. The lowest BCUT2D eigenvalue weighted by atomic mass is 9.86. The lowest BCUT2D eigenvalue weighted by Gasteiger charge is -2.41. The van der Waals surface area contributed by atoms with Crippen LogP contribution in [0.2, 0.25) is 0 Å². The van der Waals surface area contributed by atoms with Crippen LogP contribution < -0.4 is 10.6 Å². The number of hydrogen-bond acceptors (Lipinski definition) is 5. The first-order chi connectivity index (χ1) is 15.4. The summed E-state index contributed by atoms with van der Waals surface area (Å²) in [5.74, 6) is 0.598. The van der Waals surface area contributed by atoms with Crippen LogP contribution in [0.15, 0.2) is 29.5 Å². The fourth-order valence-electron chi connectivity index (χ4n) is 4.70. The van der Waals surface area contributed by atoms with Gasteiger partial charge in [-0.2, -0.15) is 0 Å². The van der Waals surface area contributed by atoms with Crippen LogP contribution >= 0.6 is 0 Å². The van der Waals surface area contributed by atoms with Crippen molar-refractivity contribution in [2.24, 2.45) is 5.41 Å². The molecule has 5 nitrogen and oxygen atoms in total. The zero-order valence-electron chi connectivity index (χ0n) is 20.4. The number of nitrogen functional groups attached to an aromatic ring is 1. The lowest BCUT2D eigenvalue weighted by Crippen LogP contribution is -2.42. The zero-order valence-corrected chi connectivity index (χ0v) is 20.4. The number of hydrogen-bond donors (Lipinski definition) is 3. The molecule has 176 valence electrons. The lowest BCUT2D eigenvalue weighted by molar-refractivity contribution is 0.0763. The molecule has 0 unspecified atom stereocenters. The van der Waals surface area contributed by atoms with Gasteiger partial charge in [0, 0.05) is 35.0 Å². The molecular weight excluding hydrogens is 398 g/mol. The van der Waals surface area contributed by atoms with Gasteiger partial charge in [0.2, 0.25) is 0 Å². The highest BCUT2D eigenvalue weighted by Crippen LogP contribution is 2.44. The number of unbranched alkanes of at least 4 members (excludes halogenated alkanes) is 2. The van der Waals surface area contributed by atoms with Crippen LogP contribution in [0.5, 0.6) is 0 Å². The van der Waals surface area contributed by atoms with Crippen LogP contribution in [0.3, 0.4) is 0 Å². The Morgan fingerprint density at radius 3 is 2.38 bits per heavy atom. The van der Waals surface area contributed by atoms with Crippen LogP contribution in [-0.2, 0) is 12.8 Å². The minimum absolute atomic E-state index is 0.0719. The van der Waals surface area contributed by atoms with Gasteiger partial charge in [-0.05, 0) is 49.3 Å². The Morgan fingerprint density at radius 1 is 1.06 bits per heavy atom. The average molecular weight is 440 g/mol. The van der Waals surface area contributed by atoms with E-state index in [1.54, 1.807) is 0 Å². The Hall–Kier alpha value is -2.11. The number of pyridine rings is 1. The molecule has 2 aromatic rings. The van der Waals surface area contributed by atoms with E-state index in [1.165, 1.54) is 16.8 Å². The molecule has 0 aliphatic carbocycles. The Kier molecular flexibility index (Phi) is 8.18. The van der Waals surface area contributed by atoms with Crippen LogP contribution in [0.1, 0.15) is 77.3 Å². The minimum atomic E-state index is -0.615. The van der Waals surface area contributed by atoms with Gasteiger partial charge in [0.05, 0.1) is 24.4 Å². The number of nitrogens with zero attached hydrogens (tertiary/aromatic N) is 2. The molecule has 0 radical (unpaired) electrons. The number of allylic oxidation sites excluding steroid dienone is 2. The van der Waals surface area contributed by atoms with Gasteiger partial charge in [-0.3, -0.25) is 0 Å². The molecule has 2 heterocycles. The first-order valence-electron chi connectivity index (χ1n) is 12.3. The molecule has 1 aliphatic rings. The van der Waals surface area contributed by atoms with Crippen molar-refractivity contribution in [1.82, 2.24) is 4.98 Å². The summed E-state index contributed by atoms with van der Waals surface area (Å²) in [6.07, 6.45) is 8.37. The molecule has 0 saturated carbocycles. The molecule has 0 fully saturated rings. The van der Waals surface area contributed by atoms with Gasteiger partial charge < -0.3 is 20.8 Å². The molecule has 32 heavy (non-hydrogen) atoms. The van der Waals surface area contributed by atoms with Gasteiger partial charge in [0.1, 0.15) is 5.82 Å². The molecule has 0 saturated heterocycles. The number of aryl methyl sites for hydroxylation is 1. The monoisotopic (exact) mass is 439 g/mol. The number of aliphatic hydroxyl groups excluding tert-OH is 2. The van der Waals surface area contributed by atoms with E-state index in [0.717, 1.165) is 73.5 Å². The Balaban J connectivity index is 2.21. The third kappa shape index (κ3) is 4.94. The second-order valence-corrected chi connectivity index (χ2v) is 9.68. The van der Waals surface area contributed by atoms with Crippen molar-refractivity contribution in [1.29, 1.82) is 0 Å². The van der Waals surface area contributed by atoms with E-state index in [2.05, 4.69) is 43.9 Å². The zero-order chi connectivity index (χ0) is 23.3. The summed E-state index contributed by atoms with van der Waals surface area (Å²) >= 11 is 0. The largest absolute Gasteiger partial charge is 0.396 e. The number of aliphatic hydroxyl groups is 2. The molecule has 4 N–H and O–H groups in total. The molecule has 0 atom stereocenters. The van der Waals surface area contributed by atoms with Crippen molar-refractivity contribution >= 4 is 22.4 Å². The van der Waals surface area contributed by atoms with Gasteiger partial charge in [-0.1, -0.05) is 52.7 Å². The second kappa shape index (κ2) is 10.7. The van der Waals surface area contributed by atoms with E-state index in [9.17, 15) is 10.2 Å². The van der Waals surface area contributed by atoms with Crippen LogP contribution in [0, 0.1) is 5.41 Å². The third-order valence-corrected chi connectivity index (χ3v) is 6.86. The summed E-state index contributed by atoms with van der Waals surface area (Å²) in [5, 5.41) is 21.3. The fourth-order valence-corrected chi connectivity index (χ4v) is 4.70. The smallest absolute Gasteiger partial charge is 0.129 e. The van der Waals surface area contributed by atoms with Crippen LogP contribution in [-0.4, -0.2) is 35.0 Å². The van der Waals surface area contributed by atoms with Crippen molar-refractivity contribution in [2.45, 2.75) is 79.1 Å². The molecule has 1 aliphatic heterocycles. The minimum Gasteiger partial charge on any atom is -0.396 e. The average Bonchev–Trinajstić information content (AvgIpc) is 2.81. The molecule has 3 rings (SSSR count). The van der Waals surface area contributed by atoms with Gasteiger partial charge in [0.25, 0.3) is 0 Å². The number of rotatable bonds is 11. The van der Waals surface area contributed by atoms with Crippen molar-refractivity contribution in [3.63, 3.8) is 0 Å². The normalized spacial score (nSPS) is 14.4. The summed E-state index contributed by atoms with van der Waals surface area (Å²) in [5.41, 5.74) is 13.1. The maximum Gasteiger partial charge on any atom is 0.129 e. The van der Waals surface area contributed by atoms with E-state index in [1.807, 2.05) is 6.92 Å². The number of anilines is 2. The molecule has 0 amide bonds. The van der Waals surface area contributed by atoms with Gasteiger partial charge in [0.15, 0.2) is 0 Å². The number of nitrogens with two attached hydrogens (primary N) is 1. The number of benzene rings is 1. The Labute approximate surface area is 193 Å². The topological polar surface area (TPSA) is 82.6 Å². The van der Waals surface area contributed by atoms with E-state index in [0.29, 0.717) is 12.4 Å². The van der Waals surface area contributed by atoms with Crippen molar-refractivity contribution in [3.05, 3.63) is 40.6 Å². The number of aromatic nitrogens is 1. The van der Waals surface area contributed by atoms with Crippen LogP contribution in [0.25, 0.3) is 10.9 Å². The highest BCUT2D eigenvalue weighted by Gasteiger charge is 2.34. The van der Waals surface area contributed by atoms with E-state index >= 15 is 0 Å². The van der Waals surface area contributed by atoms with E-state index in [4.69, 9.17) is 10.7 Å². The maximum absolute atomic E-state index is 10.1. The summed E-state index contributed by atoms with van der Waals surface area (Å²) in [6, 6.07) is 6.60. The molecule has 1 aromatic heterocycles. The second-order valence-electron chi connectivity index (χ2n) is 9.68. The Bertz CT molecular complexity index is 963. The predicted molar refractivity (Wildman–Crippen MR) is 135 cm³/mol. The molecule has 1 aromatic carbocycles. The fraction of sp³-hybridized carbons (Fsp3) is 0.593. The van der Waals surface area contributed by atoms with Crippen molar-refractivity contribution < 1.29 is 10.2 Å². The molecule has 5 heteroatoms. The standard InChI is InChI=1S/C27H41N3O2/c1-5-8-10-19-12-13-21-23(14-19)29-26(28)22-15-20(7-3)24(11-9-6-2)30(25(21)22)16-27(4,17-31)18-32/h12-14,31-32H,5-11,15-18H2,1-4H3,(H2,28,29). The highest BCUT2D eigenvalue weighted by atomic mass is 16.3. The maximum atomic E-state index is 10.1. The van der Waals surface area contributed by atoms with Crippen LogP contribution in [0.4, 0.5) is 11.5 Å². The molecule has 0 bridgehead atoms. The van der Waals surface area contributed by atoms with E-state index < -0.39 is 5.41 Å². The first-order valence-corrected chi connectivity index (χ1v) is 12.3. The number of fused-ring (bicyclic) bond motifs is 3. The Morgan fingerprint density at radius 2 is 1.75 bits per heavy atom. The predicted octanol–water partition coefficient (Wildman–Crippen LogP) is 5.37. The van der Waals surface area contributed by atoms with Gasteiger partial charge in [-0.25, -0.2) is 4.98 Å². The summed E-state index contributed by atoms with van der Waals surface area (Å²) in [4.78, 5) is 7.17. The summed E-state index contributed by atoms with van der Waals surface area (Å²) in [7, 11) is 0.